The molecular formula is C21H24N4OS. The zero-order chi connectivity index (χ0) is 19.4. The van der Waals surface area contributed by atoms with E-state index in [-0.39, 0.29) is 5.91 Å². The van der Waals surface area contributed by atoms with Crippen LogP contribution in [0.2, 0.25) is 0 Å². The summed E-state index contributed by atoms with van der Waals surface area (Å²) in [4.78, 5) is 19.3. The number of carbonyl (C=O) groups is 1. The molecule has 0 atom stereocenters. The van der Waals surface area contributed by atoms with Crippen molar-refractivity contribution in [1.29, 1.82) is 0 Å². The summed E-state index contributed by atoms with van der Waals surface area (Å²) in [6, 6.07) is 9.99. The lowest BCUT2D eigenvalue weighted by atomic mass is 10.1. The number of hydrogen-bond donors (Lipinski definition) is 0. The van der Waals surface area contributed by atoms with Crippen LogP contribution in [-0.2, 0) is 18.3 Å². The van der Waals surface area contributed by atoms with E-state index in [0.717, 1.165) is 28.2 Å². The van der Waals surface area contributed by atoms with Crippen molar-refractivity contribution in [2.45, 2.75) is 26.7 Å². The summed E-state index contributed by atoms with van der Waals surface area (Å²) >= 11 is 1.48. The van der Waals surface area contributed by atoms with Crippen molar-refractivity contribution in [3.05, 3.63) is 65.3 Å². The maximum atomic E-state index is 12.9. The van der Waals surface area contributed by atoms with E-state index >= 15 is 0 Å². The first kappa shape index (κ1) is 19.0. The van der Waals surface area contributed by atoms with Gasteiger partial charge in [-0.3, -0.25) is 14.4 Å². The van der Waals surface area contributed by atoms with E-state index in [4.69, 9.17) is 0 Å². The number of carbonyl (C=O) groups excluding carboxylic acids is 1. The lowest BCUT2D eigenvalue weighted by Crippen LogP contribution is -2.31. The topological polar surface area (TPSA) is 51.0 Å². The minimum Gasteiger partial charge on any atom is -0.284 e. The molecule has 0 fully saturated rings. The Kier molecular flexibility index (Phi) is 5.86. The molecule has 6 heteroatoms. The second kappa shape index (κ2) is 8.31. The first-order chi connectivity index (χ1) is 13.0. The quantitative estimate of drug-likeness (QED) is 0.574. The van der Waals surface area contributed by atoms with Crippen molar-refractivity contribution < 1.29 is 4.79 Å². The number of thiazole rings is 1. The third-order valence-electron chi connectivity index (χ3n) is 4.65. The zero-order valence-corrected chi connectivity index (χ0v) is 16.8. The molecule has 0 aliphatic heterocycles. The van der Waals surface area contributed by atoms with E-state index in [0.29, 0.717) is 24.5 Å². The molecule has 0 spiro atoms. The Hall–Kier alpha value is -2.73. The highest BCUT2D eigenvalue weighted by Gasteiger charge is 2.20. The van der Waals surface area contributed by atoms with Crippen LogP contribution < -0.4 is 4.90 Å². The van der Waals surface area contributed by atoms with E-state index in [1.165, 1.54) is 11.3 Å². The van der Waals surface area contributed by atoms with Gasteiger partial charge in [0.25, 0.3) is 0 Å². The van der Waals surface area contributed by atoms with E-state index in [2.05, 4.69) is 16.7 Å². The number of nitrogens with zero attached hydrogens (tertiary/aromatic N) is 4. The van der Waals surface area contributed by atoms with Gasteiger partial charge in [-0.15, -0.1) is 17.9 Å². The first-order valence-electron chi connectivity index (χ1n) is 8.92. The standard InChI is InChI=1S/C21H24N4OS/c1-5-13-25(20(26)12-11-18-15(2)23-24(4)16(18)3)21-22-19(14-27-21)17-9-7-6-8-10-17/h5-10,14H,1,11-13H2,2-4H3. The summed E-state index contributed by atoms with van der Waals surface area (Å²) in [6.45, 7) is 8.27. The molecule has 3 aromatic rings. The van der Waals surface area contributed by atoms with Crippen molar-refractivity contribution in [3.8, 4) is 11.3 Å². The lowest BCUT2D eigenvalue weighted by molar-refractivity contribution is -0.118. The molecule has 0 aliphatic carbocycles. The molecule has 0 saturated heterocycles. The molecule has 0 aliphatic rings. The highest BCUT2D eigenvalue weighted by atomic mass is 32.1. The molecule has 0 bridgehead atoms. The Morgan fingerprint density at radius 3 is 2.67 bits per heavy atom. The number of aromatic nitrogens is 3. The fraction of sp³-hybridized carbons (Fsp3) is 0.286. The largest absolute Gasteiger partial charge is 0.284 e. The van der Waals surface area contributed by atoms with Crippen molar-refractivity contribution in [1.82, 2.24) is 14.8 Å². The normalized spacial score (nSPS) is 10.8. The second-order valence-corrected chi connectivity index (χ2v) is 7.28. The van der Waals surface area contributed by atoms with E-state index in [1.807, 2.05) is 61.3 Å². The van der Waals surface area contributed by atoms with Gasteiger partial charge in [0.15, 0.2) is 5.13 Å². The van der Waals surface area contributed by atoms with Gasteiger partial charge in [-0.2, -0.15) is 5.10 Å². The van der Waals surface area contributed by atoms with Gasteiger partial charge in [-0.25, -0.2) is 4.98 Å². The van der Waals surface area contributed by atoms with Crippen LogP contribution in [0.25, 0.3) is 11.3 Å². The van der Waals surface area contributed by atoms with Crippen LogP contribution in [0.4, 0.5) is 5.13 Å². The van der Waals surface area contributed by atoms with Crippen LogP contribution in [0.5, 0.6) is 0 Å². The van der Waals surface area contributed by atoms with E-state index in [9.17, 15) is 4.79 Å². The summed E-state index contributed by atoms with van der Waals surface area (Å²) in [5, 5.41) is 7.13. The maximum absolute atomic E-state index is 12.9. The molecule has 0 radical (unpaired) electrons. The predicted octanol–water partition coefficient (Wildman–Crippen LogP) is 4.31. The lowest BCUT2D eigenvalue weighted by Gasteiger charge is -2.18. The third kappa shape index (κ3) is 4.17. The Morgan fingerprint density at radius 2 is 2.04 bits per heavy atom. The minimum absolute atomic E-state index is 0.0477. The summed E-state index contributed by atoms with van der Waals surface area (Å²) in [7, 11) is 1.93. The molecule has 2 aromatic heterocycles. The number of aryl methyl sites for hydroxylation is 2. The van der Waals surface area contributed by atoms with Gasteiger partial charge in [0.05, 0.1) is 11.4 Å². The summed E-state index contributed by atoms with van der Waals surface area (Å²) < 4.78 is 1.86. The Bertz CT molecular complexity index is 943. The number of anilines is 1. The first-order valence-corrected chi connectivity index (χ1v) is 9.80. The van der Waals surface area contributed by atoms with Crippen LogP contribution in [0, 0.1) is 13.8 Å². The smallest absolute Gasteiger partial charge is 0.229 e. The van der Waals surface area contributed by atoms with Gasteiger partial charge < -0.3 is 0 Å². The minimum atomic E-state index is 0.0477. The Balaban J connectivity index is 1.76. The molecule has 0 unspecified atom stereocenters. The Labute approximate surface area is 164 Å². The fourth-order valence-corrected chi connectivity index (χ4v) is 3.95. The van der Waals surface area contributed by atoms with Crippen molar-refractivity contribution in [2.24, 2.45) is 7.05 Å². The van der Waals surface area contributed by atoms with Gasteiger partial charge in [0.2, 0.25) is 5.91 Å². The molecule has 3 rings (SSSR count). The molecule has 1 aromatic carbocycles. The molecule has 5 nitrogen and oxygen atoms in total. The highest BCUT2D eigenvalue weighted by molar-refractivity contribution is 7.14. The van der Waals surface area contributed by atoms with Crippen LogP contribution >= 0.6 is 11.3 Å². The van der Waals surface area contributed by atoms with Gasteiger partial charge in [-0.05, 0) is 25.8 Å². The SMILES string of the molecule is C=CCN(C(=O)CCc1c(C)nn(C)c1C)c1nc(-c2ccccc2)cs1. The number of rotatable bonds is 7. The molecule has 140 valence electrons. The monoisotopic (exact) mass is 380 g/mol. The number of hydrogen-bond acceptors (Lipinski definition) is 4. The van der Waals surface area contributed by atoms with Crippen molar-refractivity contribution >= 4 is 22.4 Å². The maximum Gasteiger partial charge on any atom is 0.229 e. The second-order valence-electron chi connectivity index (χ2n) is 6.45. The highest BCUT2D eigenvalue weighted by Crippen LogP contribution is 2.28. The molecule has 1 amide bonds. The van der Waals surface area contributed by atoms with Gasteiger partial charge in [0, 0.05) is 36.7 Å². The van der Waals surface area contributed by atoms with Gasteiger partial charge in [0.1, 0.15) is 0 Å². The number of amides is 1. The average molecular weight is 381 g/mol. The van der Waals surface area contributed by atoms with Gasteiger partial charge >= 0.3 is 0 Å². The van der Waals surface area contributed by atoms with E-state index < -0.39 is 0 Å². The molecule has 0 N–H and O–H groups in total. The summed E-state index contributed by atoms with van der Waals surface area (Å²) in [6.07, 6.45) is 2.83. The van der Waals surface area contributed by atoms with Crippen LogP contribution in [0.3, 0.4) is 0 Å². The summed E-state index contributed by atoms with van der Waals surface area (Å²) in [5.41, 5.74) is 5.17. The number of benzene rings is 1. The summed E-state index contributed by atoms with van der Waals surface area (Å²) in [5.74, 6) is 0.0477. The molecule has 2 heterocycles. The predicted molar refractivity (Wildman–Crippen MR) is 111 cm³/mol. The van der Waals surface area contributed by atoms with Crippen LogP contribution in [0.15, 0.2) is 48.4 Å². The van der Waals surface area contributed by atoms with Crippen molar-refractivity contribution in [3.63, 3.8) is 0 Å². The molecular weight excluding hydrogens is 356 g/mol. The molecule has 27 heavy (non-hydrogen) atoms. The molecule has 0 saturated carbocycles. The third-order valence-corrected chi connectivity index (χ3v) is 5.52. The Morgan fingerprint density at radius 1 is 1.30 bits per heavy atom. The fourth-order valence-electron chi connectivity index (χ4n) is 3.09. The van der Waals surface area contributed by atoms with E-state index in [1.54, 1.807) is 11.0 Å². The van der Waals surface area contributed by atoms with Crippen LogP contribution in [0.1, 0.15) is 23.4 Å². The van der Waals surface area contributed by atoms with Crippen molar-refractivity contribution in [2.75, 3.05) is 11.4 Å². The zero-order valence-electron chi connectivity index (χ0n) is 16.0. The van der Waals surface area contributed by atoms with Gasteiger partial charge in [-0.1, -0.05) is 36.4 Å². The van der Waals surface area contributed by atoms with Crippen LogP contribution in [-0.4, -0.2) is 27.2 Å². The average Bonchev–Trinajstić information content (AvgIpc) is 3.24.